The van der Waals surface area contributed by atoms with Gasteiger partial charge in [-0.2, -0.15) is 18.3 Å². The van der Waals surface area contributed by atoms with E-state index >= 15 is 0 Å². The summed E-state index contributed by atoms with van der Waals surface area (Å²) in [6, 6.07) is 5.97. The van der Waals surface area contributed by atoms with Crippen LogP contribution in [0.15, 0.2) is 24.3 Å². The van der Waals surface area contributed by atoms with Gasteiger partial charge in [0.15, 0.2) is 5.82 Å². The zero-order valence-corrected chi connectivity index (χ0v) is 14.7. The second kappa shape index (κ2) is 6.61. The molecular formula is C19H22F3N3O. The van der Waals surface area contributed by atoms with Crippen LogP contribution in [0.1, 0.15) is 41.1 Å². The molecule has 0 spiro atoms. The monoisotopic (exact) mass is 365 g/mol. The summed E-state index contributed by atoms with van der Waals surface area (Å²) in [5, 5.41) is 4.65. The van der Waals surface area contributed by atoms with Gasteiger partial charge in [-0.25, -0.2) is 0 Å². The lowest BCUT2D eigenvalue weighted by Gasteiger charge is -2.34. The Bertz CT molecular complexity index is 792. The molecule has 4 nitrogen and oxygen atoms in total. The van der Waals surface area contributed by atoms with Crippen molar-refractivity contribution in [3.05, 3.63) is 46.6 Å². The highest BCUT2D eigenvalue weighted by Crippen LogP contribution is 2.39. The first kappa shape index (κ1) is 17.4. The first-order chi connectivity index (χ1) is 12.4. The number of rotatable bonds is 2. The van der Waals surface area contributed by atoms with Crippen LogP contribution in [0.5, 0.6) is 0 Å². The molecule has 1 saturated heterocycles. The van der Waals surface area contributed by atoms with Gasteiger partial charge in [-0.3, -0.25) is 4.68 Å². The Morgan fingerprint density at radius 2 is 1.88 bits per heavy atom. The zero-order chi connectivity index (χ0) is 18.3. The van der Waals surface area contributed by atoms with Gasteiger partial charge in [0.05, 0.1) is 18.8 Å². The number of hydrogen-bond acceptors (Lipinski definition) is 3. The summed E-state index contributed by atoms with van der Waals surface area (Å²) in [7, 11) is 1.94. The summed E-state index contributed by atoms with van der Waals surface area (Å²) < 4.78 is 47.4. The van der Waals surface area contributed by atoms with E-state index in [-0.39, 0.29) is 5.92 Å². The molecule has 0 radical (unpaired) electrons. The number of benzene rings is 1. The summed E-state index contributed by atoms with van der Waals surface area (Å²) in [4.78, 5) is 2.19. The molecule has 0 bridgehead atoms. The van der Waals surface area contributed by atoms with Crippen molar-refractivity contribution in [2.24, 2.45) is 7.05 Å². The highest BCUT2D eigenvalue weighted by atomic mass is 19.4. The highest BCUT2D eigenvalue weighted by molar-refractivity contribution is 5.51. The molecular weight excluding hydrogens is 343 g/mol. The SMILES string of the molecule is Cn1nc(N2CCC(c3ccccc3C(F)(F)F)CC2)c2c1CCOC2. The number of aromatic nitrogens is 2. The van der Waals surface area contributed by atoms with E-state index in [1.54, 1.807) is 12.1 Å². The molecule has 1 aromatic heterocycles. The summed E-state index contributed by atoms with van der Waals surface area (Å²) >= 11 is 0. The molecule has 1 fully saturated rings. The normalized spacial score (nSPS) is 18.8. The summed E-state index contributed by atoms with van der Waals surface area (Å²) in [5.41, 5.74) is 2.26. The molecule has 0 unspecified atom stereocenters. The molecule has 2 aliphatic rings. The Hall–Kier alpha value is -2.02. The average Bonchev–Trinajstić information content (AvgIpc) is 2.98. The van der Waals surface area contributed by atoms with Crippen LogP contribution in [0, 0.1) is 0 Å². The Labute approximate surface area is 150 Å². The number of nitrogens with zero attached hydrogens (tertiary/aromatic N) is 3. The fourth-order valence-corrected chi connectivity index (χ4v) is 4.16. The van der Waals surface area contributed by atoms with Crippen molar-refractivity contribution < 1.29 is 17.9 Å². The molecule has 0 aliphatic carbocycles. The largest absolute Gasteiger partial charge is 0.416 e. The molecule has 0 atom stereocenters. The molecule has 0 amide bonds. The van der Waals surface area contributed by atoms with Crippen molar-refractivity contribution in [2.75, 3.05) is 24.6 Å². The molecule has 26 heavy (non-hydrogen) atoms. The number of halogens is 3. The van der Waals surface area contributed by atoms with E-state index in [1.807, 2.05) is 11.7 Å². The van der Waals surface area contributed by atoms with E-state index in [4.69, 9.17) is 4.74 Å². The Morgan fingerprint density at radius 1 is 1.15 bits per heavy atom. The van der Waals surface area contributed by atoms with Crippen LogP contribution in [-0.4, -0.2) is 29.5 Å². The molecule has 3 heterocycles. The number of piperidine rings is 1. The van der Waals surface area contributed by atoms with Gasteiger partial charge < -0.3 is 9.64 Å². The Kier molecular flexibility index (Phi) is 4.42. The van der Waals surface area contributed by atoms with E-state index in [1.165, 1.54) is 17.8 Å². The summed E-state index contributed by atoms with van der Waals surface area (Å²) in [6.07, 6.45) is -2.06. The van der Waals surface area contributed by atoms with Crippen molar-refractivity contribution in [3.8, 4) is 0 Å². The van der Waals surface area contributed by atoms with Crippen molar-refractivity contribution in [2.45, 2.75) is 38.0 Å². The van der Waals surface area contributed by atoms with Gasteiger partial charge in [-0.1, -0.05) is 18.2 Å². The highest BCUT2D eigenvalue weighted by Gasteiger charge is 2.36. The van der Waals surface area contributed by atoms with E-state index in [0.717, 1.165) is 17.8 Å². The van der Waals surface area contributed by atoms with Gasteiger partial charge in [0.1, 0.15) is 0 Å². The third kappa shape index (κ3) is 3.09. The van der Waals surface area contributed by atoms with Gasteiger partial charge in [0, 0.05) is 37.8 Å². The predicted molar refractivity (Wildman–Crippen MR) is 92.2 cm³/mol. The third-order valence-corrected chi connectivity index (χ3v) is 5.48. The Balaban J connectivity index is 1.53. The number of hydrogen-bond donors (Lipinski definition) is 0. The van der Waals surface area contributed by atoms with E-state index in [9.17, 15) is 13.2 Å². The lowest BCUT2D eigenvalue weighted by molar-refractivity contribution is -0.138. The molecule has 4 rings (SSSR count). The van der Waals surface area contributed by atoms with E-state index in [0.29, 0.717) is 44.7 Å². The number of alkyl halides is 3. The number of anilines is 1. The first-order valence-electron chi connectivity index (χ1n) is 8.98. The van der Waals surface area contributed by atoms with Crippen LogP contribution >= 0.6 is 0 Å². The smallest absolute Gasteiger partial charge is 0.376 e. The molecule has 0 N–H and O–H groups in total. The quantitative estimate of drug-likeness (QED) is 0.809. The number of aryl methyl sites for hydroxylation is 1. The first-order valence-corrected chi connectivity index (χ1v) is 8.98. The number of ether oxygens (including phenoxy) is 1. The van der Waals surface area contributed by atoms with Crippen LogP contribution in [0.25, 0.3) is 0 Å². The summed E-state index contributed by atoms with van der Waals surface area (Å²) in [5.74, 6) is 0.865. The van der Waals surface area contributed by atoms with E-state index < -0.39 is 11.7 Å². The van der Waals surface area contributed by atoms with Gasteiger partial charge >= 0.3 is 6.18 Å². The van der Waals surface area contributed by atoms with Crippen LogP contribution in [0.4, 0.5) is 19.0 Å². The topological polar surface area (TPSA) is 30.3 Å². The van der Waals surface area contributed by atoms with E-state index in [2.05, 4.69) is 10.00 Å². The lowest BCUT2D eigenvalue weighted by Crippen LogP contribution is -2.34. The number of fused-ring (bicyclic) bond motifs is 1. The second-order valence-electron chi connectivity index (χ2n) is 7.02. The minimum atomic E-state index is -4.30. The van der Waals surface area contributed by atoms with Crippen molar-refractivity contribution in [1.82, 2.24) is 9.78 Å². The van der Waals surface area contributed by atoms with Crippen LogP contribution in [0.2, 0.25) is 0 Å². The van der Waals surface area contributed by atoms with Gasteiger partial charge in [-0.05, 0) is 30.4 Å². The molecule has 7 heteroatoms. The lowest BCUT2D eigenvalue weighted by atomic mass is 9.86. The van der Waals surface area contributed by atoms with Crippen LogP contribution < -0.4 is 4.90 Å². The maximum atomic E-state index is 13.3. The minimum absolute atomic E-state index is 0.0696. The maximum absolute atomic E-state index is 13.3. The third-order valence-electron chi connectivity index (χ3n) is 5.48. The molecule has 2 aliphatic heterocycles. The van der Waals surface area contributed by atoms with Crippen molar-refractivity contribution in [3.63, 3.8) is 0 Å². The van der Waals surface area contributed by atoms with Crippen molar-refractivity contribution >= 4 is 5.82 Å². The van der Waals surface area contributed by atoms with Gasteiger partial charge in [-0.15, -0.1) is 0 Å². The van der Waals surface area contributed by atoms with Crippen LogP contribution in [-0.2, 0) is 31.0 Å². The Morgan fingerprint density at radius 3 is 2.62 bits per heavy atom. The van der Waals surface area contributed by atoms with Gasteiger partial charge in [0.2, 0.25) is 0 Å². The second-order valence-corrected chi connectivity index (χ2v) is 7.02. The van der Waals surface area contributed by atoms with Crippen LogP contribution in [0.3, 0.4) is 0 Å². The average molecular weight is 365 g/mol. The minimum Gasteiger partial charge on any atom is -0.376 e. The zero-order valence-electron chi connectivity index (χ0n) is 14.7. The molecule has 2 aromatic rings. The fraction of sp³-hybridized carbons (Fsp3) is 0.526. The molecule has 1 aromatic carbocycles. The summed E-state index contributed by atoms with van der Waals surface area (Å²) in [6.45, 7) is 2.69. The molecule has 0 saturated carbocycles. The molecule has 140 valence electrons. The predicted octanol–water partition coefficient (Wildman–Crippen LogP) is 3.90. The fourth-order valence-electron chi connectivity index (χ4n) is 4.16. The van der Waals surface area contributed by atoms with Crippen molar-refractivity contribution in [1.29, 1.82) is 0 Å². The maximum Gasteiger partial charge on any atom is 0.416 e. The van der Waals surface area contributed by atoms with Gasteiger partial charge in [0.25, 0.3) is 0 Å². The standard InChI is InChI=1S/C19H22F3N3O/c1-24-17-8-11-26-12-15(17)18(23-24)25-9-6-13(7-10-25)14-4-2-3-5-16(14)19(20,21)22/h2-5,13H,6-12H2,1H3.